The molecule has 1 aliphatic carbocycles. The summed E-state index contributed by atoms with van der Waals surface area (Å²) < 4.78 is 13.1. The summed E-state index contributed by atoms with van der Waals surface area (Å²) in [6.07, 6.45) is 2.11. The number of benzene rings is 1. The quantitative estimate of drug-likeness (QED) is 0.762. The smallest absolute Gasteiger partial charge is 0.250 e. The van der Waals surface area contributed by atoms with Crippen LogP contribution in [0.5, 0.6) is 0 Å². The summed E-state index contributed by atoms with van der Waals surface area (Å²) in [6.45, 7) is 1.88. The van der Waals surface area contributed by atoms with Crippen molar-refractivity contribution in [2.24, 2.45) is 5.92 Å². The second-order valence-corrected chi connectivity index (χ2v) is 4.75. The van der Waals surface area contributed by atoms with Crippen LogP contribution >= 0.6 is 0 Å². The summed E-state index contributed by atoms with van der Waals surface area (Å²) in [5.41, 5.74) is 0.749. The molecule has 1 fully saturated rings. The van der Waals surface area contributed by atoms with Crippen LogP contribution in [0.15, 0.2) is 18.2 Å². The molecule has 1 aromatic rings. The van der Waals surface area contributed by atoms with Gasteiger partial charge in [0.25, 0.3) is 0 Å². The first kappa shape index (κ1) is 9.63. The van der Waals surface area contributed by atoms with Crippen LogP contribution in [0.4, 0.5) is 15.8 Å². The van der Waals surface area contributed by atoms with Crippen LogP contribution < -0.4 is 10.6 Å². The van der Waals surface area contributed by atoms with Crippen molar-refractivity contribution in [1.29, 1.82) is 0 Å². The van der Waals surface area contributed by atoms with Gasteiger partial charge in [0.2, 0.25) is 5.91 Å². The Bertz CT molecular complexity index is 470. The molecular weight excluding hydrogens is 207 g/mol. The highest BCUT2D eigenvalue weighted by Crippen LogP contribution is 2.45. The van der Waals surface area contributed by atoms with Crippen LogP contribution in [0, 0.1) is 11.7 Å². The minimum Gasteiger partial charge on any atom is -0.369 e. The van der Waals surface area contributed by atoms with E-state index in [0.29, 0.717) is 17.3 Å². The lowest BCUT2D eigenvalue weighted by Gasteiger charge is -2.36. The third-order valence-electron chi connectivity index (χ3n) is 3.49. The van der Waals surface area contributed by atoms with Gasteiger partial charge in [0.1, 0.15) is 11.4 Å². The van der Waals surface area contributed by atoms with Crippen LogP contribution in [-0.2, 0) is 4.79 Å². The van der Waals surface area contributed by atoms with E-state index in [1.165, 1.54) is 12.1 Å². The fourth-order valence-electron chi connectivity index (χ4n) is 2.27. The number of carbonyl (C=O) groups excluding carboxylic acids is 1. The zero-order valence-corrected chi connectivity index (χ0v) is 9.01. The minimum atomic E-state index is -0.583. The van der Waals surface area contributed by atoms with Gasteiger partial charge in [0.15, 0.2) is 0 Å². The zero-order chi connectivity index (χ0) is 11.3. The van der Waals surface area contributed by atoms with Crippen molar-refractivity contribution in [1.82, 2.24) is 0 Å². The molecule has 2 aliphatic rings. The number of halogens is 1. The maximum atomic E-state index is 13.1. The first-order valence-corrected chi connectivity index (χ1v) is 5.49. The SMILES string of the molecule is CC1(C2CC2)Nc2cc(F)ccc2NC1=O. The van der Waals surface area contributed by atoms with Crippen molar-refractivity contribution in [2.45, 2.75) is 25.3 Å². The van der Waals surface area contributed by atoms with Gasteiger partial charge < -0.3 is 10.6 Å². The zero-order valence-electron chi connectivity index (χ0n) is 9.01. The molecule has 1 heterocycles. The summed E-state index contributed by atoms with van der Waals surface area (Å²) >= 11 is 0. The van der Waals surface area contributed by atoms with Crippen LogP contribution in [0.3, 0.4) is 0 Å². The molecule has 16 heavy (non-hydrogen) atoms. The Balaban J connectivity index is 2.02. The molecular formula is C12H13FN2O. The fraction of sp³-hybridized carbons (Fsp3) is 0.417. The number of hydrogen-bond donors (Lipinski definition) is 2. The van der Waals surface area contributed by atoms with E-state index in [-0.39, 0.29) is 11.7 Å². The van der Waals surface area contributed by atoms with Crippen LogP contribution in [-0.4, -0.2) is 11.4 Å². The third-order valence-corrected chi connectivity index (χ3v) is 3.49. The average molecular weight is 220 g/mol. The maximum Gasteiger partial charge on any atom is 0.250 e. The highest BCUT2D eigenvalue weighted by Gasteiger charge is 2.49. The van der Waals surface area contributed by atoms with Crippen molar-refractivity contribution in [3.63, 3.8) is 0 Å². The van der Waals surface area contributed by atoms with Gasteiger partial charge in [0, 0.05) is 0 Å². The molecule has 1 aliphatic heterocycles. The molecule has 0 spiro atoms. The first-order valence-electron chi connectivity index (χ1n) is 5.49. The highest BCUT2D eigenvalue weighted by atomic mass is 19.1. The molecule has 1 saturated carbocycles. The Hall–Kier alpha value is -1.58. The number of carbonyl (C=O) groups is 1. The minimum absolute atomic E-state index is 0.0193. The van der Waals surface area contributed by atoms with Gasteiger partial charge in [-0.3, -0.25) is 4.79 Å². The topological polar surface area (TPSA) is 41.1 Å². The van der Waals surface area contributed by atoms with E-state index >= 15 is 0 Å². The molecule has 4 heteroatoms. The van der Waals surface area contributed by atoms with E-state index in [4.69, 9.17) is 0 Å². The van der Waals surface area contributed by atoms with E-state index in [1.807, 2.05) is 6.92 Å². The molecule has 3 nitrogen and oxygen atoms in total. The van der Waals surface area contributed by atoms with Gasteiger partial charge in [-0.05, 0) is 43.9 Å². The van der Waals surface area contributed by atoms with E-state index in [2.05, 4.69) is 10.6 Å². The Morgan fingerprint density at radius 1 is 1.38 bits per heavy atom. The molecule has 0 saturated heterocycles. The number of fused-ring (bicyclic) bond motifs is 1. The monoisotopic (exact) mass is 220 g/mol. The van der Waals surface area contributed by atoms with E-state index in [0.717, 1.165) is 12.8 Å². The number of rotatable bonds is 1. The number of anilines is 2. The Kier molecular flexibility index (Phi) is 1.79. The van der Waals surface area contributed by atoms with E-state index < -0.39 is 5.54 Å². The van der Waals surface area contributed by atoms with Gasteiger partial charge in [-0.15, -0.1) is 0 Å². The van der Waals surface area contributed by atoms with Gasteiger partial charge in [0.05, 0.1) is 11.4 Å². The standard InChI is InChI=1S/C12H13FN2O/c1-12(7-2-3-7)11(16)14-9-5-4-8(13)6-10(9)15-12/h4-7,15H,2-3H2,1H3,(H,14,16). The molecule has 2 N–H and O–H groups in total. The second-order valence-electron chi connectivity index (χ2n) is 4.75. The predicted octanol–water partition coefficient (Wildman–Crippen LogP) is 2.36. The van der Waals surface area contributed by atoms with Gasteiger partial charge in [-0.2, -0.15) is 0 Å². The second kappa shape index (κ2) is 2.97. The van der Waals surface area contributed by atoms with Gasteiger partial charge >= 0.3 is 0 Å². The largest absolute Gasteiger partial charge is 0.369 e. The molecule has 1 unspecified atom stereocenters. The molecule has 1 amide bonds. The molecule has 84 valence electrons. The first-order chi connectivity index (χ1) is 7.59. The molecule has 0 radical (unpaired) electrons. The molecule has 1 aromatic carbocycles. The van der Waals surface area contributed by atoms with Crippen LogP contribution in [0.2, 0.25) is 0 Å². The molecule has 3 rings (SSSR count). The van der Waals surface area contributed by atoms with Crippen molar-refractivity contribution in [3.8, 4) is 0 Å². The van der Waals surface area contributed by atoms with E-state index in [1.54, 1.807) is 6.07 Å². The number of hydrogen-bond acceptors (Lipinski definition) is 2. The molecule has 1 atom stereocenters. The molecule has 0 bridgehead atoms. The van der Waals surface area contributed by atoms with Crippen molar-refractivity contribution >= 4 is 17.3 Å². The number of amides is 1. The Labute approximate surface area is 93.0 Å². The Morgan fingerprint density at radius 2 is 2.12 bits per heavy atom. The fourth-order valence-corrected chi connectivity index (χ4v) is 2.27. The lowest BCUT2D eigenvalue weighted by Crippen LogP contribution is -2.51. The summed E-state index contributed by atoms with van der Waals surface area (Å²) in [5, 5.41) is 6.00. The van der Waals surface area contributed by atoms with Crippen molar-refractivity contribution in [2.75, 3.05) is 10.6 Å². The average Bonchev–Trinajstić information content (AvgIpc) is 3.04. The normalized spacial score (nSPS) is 28.0. The Morgan fingerprint density at radius 3 is 2.81 bits per heavy atom. The van der Waals surface area contributed by atoms with Crippen molar-refractivity contribution < 1.29 is 9.18 Å². The van der Waals surface area contributed by atoms with E-state index in [9.17, 15) is 9.18 Å². The van der Waals surface area contributed by atoms with Gasteiger partial charge in [-0.1, -0.05) is 0 Å². The maximum absolute atomic E-state index is 13.1. The van der Waals surface area contributed by atoms with Gasteiger partial charge in [-0.25, -0.2) is 4.39 Å². The summed E-state index contributed by atoms with van der Waals surface area (Å²) in [4.78, 5) is 12.0. The summed E-state index contributed by atoms with van der Waals surface area (Å²) in [7, 11) is 0. The lowest BCUT2D eigenvalue weighted by molar-refractivity contribution is -0.120. The highest BCUT2D eigenvalue weighted by molar-refractivity contribution is 6.06. The number of nitrogens with one attached hydrogen (secondary N) is 2. The van der Waals surface area contributed by atoms with Crippen molar-refractivity contribution in [3.05, 3.63) is 24.0 Å². The third kappa shape index (κ3) is 1.29. The predicted molar refractivity (Wildman–Crippen MR) is 59.8 cm³/mol. The van der Waals surface area contributed by atoms with Crippen LogP contribution in [0.25, 0.3) is 0 Å². The lowest BCUT2D eigenvalue weighted by atomic mass is 9.91. The summed E-state index contributed by atoms with van der Waals surface area (Å²) in [5.74, 6) is 0.0542. The summed E-state index contributed by atoms with van der Waals surface area (Å²) in [6, 6.07) is 4.36. The van der Waals surface area contributed by atoms with Crippen LogP contribution in [0.1, 0.15) is 19.8 Å². The molecule has 0 aromatic heterocycles.